The lowest BCUT2D eigenvalue weighted by molar-refractivity contribution is -0.128. The highest BCUT2D eigenvalue weighted by molar-refractivity contribution is 5.99. The first-order valence-corrected chi connectivity index (χ1v) is 8.41. The molecule has 0 saturated carbocycles. The van der Waals surface area contributed by atoms with E-state index in [4.69, 9.17) is 0 Å². The lowest BCUT2D eigenvalue weighted by Crippen LogP contribution is -2.52. The Labute approximate surface area is 149 Å². The van der Waals surface area contributed by atoms with Crippen LogP contribution in [-0.2, 0) is 4.79 Å². The van der Waals surface area contributed by atoms with E-state index in [1.54, 1.807) is 24.3 Å². The number of hydrogen-bond donors (Lipinski definition) is 2. The fourth-order valence-corrected chi connectivity index (χ4v) is 3.33. The van der Waals surface area contributed by atoms with Crippen molar-refractivity contribution in [3.05, 3.63) is 82.3 Å². The third kappa shape index (κ3) is 2.75. The van der Waals surface area contributed by atoms with Crippen LogP contribution in [0.3, 0.4) is 0 Å². The van der Waals surface area contributed by atoms with Crippen molar-refractivity contribution in [2.45, 2.75) is 6.04 Å². The molecule has 2 aromatic carbocycles. The Hall–Kier alpha value is -3.41. The van der Waals surface area contributed by atoms with E-state index in [2.05, 4.69) is 10.3 Å². The molecule has 1 atom stereocenters. The number of carbonyl (C=O) groups excluding carboxylic acids is 2. The summed E-state index contributed by atoms with van der Waals surface area (Å²) in [6.07, 6.45) is 0. The summed E-state index contributed by atoms with van der Waals surface area (Å²) in [5, 5.41) is 4.02. The highest BCUT2D eigenvalue weighted by Gasteiger charge is 2.35. The van der Waals surface area contributed by atoms with Gasteiger partial charge in [0.1, 0.15) is 11.7 Å². The van der Waals surface area contributed by atoms with Crippen LogP contribution in [0.5, 0.6) is 0 Å². The summed E-state index contributed by atoms with van der Waals surface area (Å²) in [6.45, 7) is 0.755. The van der Waals surface area contributed by atoms with Crippen molar-refractivity contribution in [2.75, 3.05) is 13.1 Å². The van der Waals surface area contributed by atoms with Crippen LogP contribution in [0.15, 0.2) is 65.5 Å². The number of nitrogens with one attached hydrogen (secondary N) is 2. The molecule has 0 radical (unpaired) electrons. The van der Waals surface area contributed by atoms with Gasteiger partial charge in [-0.2, -0.15) is 0 Å². The molecular weight excluding hydrogens is 330 g/mol. The van der Waals surface area contributed by atoms with E-state index in [0.717, 1.165) is 5.56 Å². The molecule has 2 amide bonds. The van der Waals surface area contributed by atoms with Crippen molar-refractivity contribution in [1.82, 2.24) is 15.2 Å². The molecule has 26 heavy (non-hydrogen) atoms. The molecule has 1 saturated heterocycles. The standard InChI is InChI=1S/C20H17N3O3/c24-18-15-9-5-4-8-14(15)12-16(22-18)20(26)23-11-10-21-19(25)17(23)13-6-2-1-3-7-13/h1-9,12,17H,10-11H2,(H,21,25)(H,22,24). The average molecular weight is 347 g/mol. The second kappa shape index (κ2) is 6.48. The third-order valence-corrected chi connectivity index (χ3v) is 4.57. The van der Waals surface area contributed by atoms with Gasteiger partial charge < -0.3 is 15.2 Å². The number of aromatic amines is 1. The summed E-state index contributed by atoms with van der Waals surface area (Å²) in [5.41, 5.74) is 0.606. The van der Waals surface area contributed by atoms with Crippen LogP contribution in [0.4, 0.5) is 0 Å². The van der Waals surface area contributed by atoms with Crippen molar-refractivity contribution < 1.29 is 9.59 Å². The molecule has 3 aromatic rings. The average Bonchev–Trinajstić information content (AvgIpc) is 2.68. The van der Waals surface area contributed by atoms with Crippen molar-refractivity contribution in [3.8, 4) is 0 Å². The number of rotatable bonds is 2. The Kier molecular flexibility index (Phi) is 4.01. The van der Waals surface area contributed by atoms with Crippen LogP contribution in [-0.4, -0.2) is 34.8 Å². The van der Waals surface area contributed by atoms with Crippen LogP contribution in [0, 0.1) is 0 Å². The summed E-state index contributed by atoms with van der Waals surface area (Å²) in [7, 11) is 0. The number of pyridine rings is 1. The van der Waals surface area contributed by atoms with Crippen LogP contribution in [0.1, 0.15) is 22.1 Å². The monoisotopic (exact) mass is 347 g/mol. The lowest BCUT2D eigenvalue weighted by atomic mass is 10.0. The fourth-order valence-electron chi connectivity index (χ4n) is 3.33. The molecule has 6 nitrogen and oxygen atoms in total. The maximum atomic E-state index is 13.1. The highest BCUT2D eigenvalue weighted by atomic mass is 16.2. The number of piperazine rings is 1. The number of fused-ring (bicyclic) bond motifs is 1. The minimum atomic E-state index is -0.715. The minimum Gasteiger partial charge on any atom is -0.352 e. The van der Waals surface area contributed by atoms with Gasteiger partial charge >= 0.3 is 0 Å². The smallest absolute Gasteiger partial charge is 0.271 e. The molecule has 4 rings (SSSR count). The molecule has 130 valence electrons. The van der Waals surface area contributed by atoms with E-state index in [9.17, 15) is 14.4 Å². The Morgan fingerprint density at radius 3 is 2.54 bits per heavy atom. The molecule has 1 fully saturated rings. The second-order valence-corrected chi connectivity index (χ2v) is 6.20. The summed E-state index contributed by atoms with van der Waals surface area (Å²) in [5.74, 6) is -0.588. The Balaban J connectivity index is 1.76. The van der Waals surface area contributed by atoms with Crippen LogP contribution in [0.2, 0.25) is 0 Å². The number of carbonyl (C=O) groups is 2. The maximum Gasteiger partial charge on any atom is 0.271 e. The second-order valence-electron chi connectivity index (χ2n) is 6.20. The molecule has 0 spiro atoms. The quantitative estimate of drug-likeness (QED) is 0.742. The molecule has 1 unspecified atom stereocenters. The Morgan fingerprint density at radius 1 is 1.00 bits per heavy atom. The van der Waals surface area contributed by atoms with Crippen LogP contribution < -0.4 is 10.9 Å². The van der Waals surface area contributed by atoms with Crippen molar-refractivity contribution >= 4 is 22.6 Å². The predicted octanol–water partition coefficient (Wildman–Crippen LogP) is 1.84. The van der Waals surface area contributed by atoms with Gasteiger partial charge in [-0.05, 0) is 23.1 Å². The molecule has 6 heteroatoms. The van der Waals surface area contributed by atoms with Crippen molar-refractivity contribution in [3.63, 3.8) is 0 Å². The zero-order chi connectivity index (χ0) is 18.1. The van der Waals surface area contributed by atoms with Gasteiger partial charge in [-0.25, -0.2) is 0 Å². The zero-order valence-electron chi connectivity index (χ0n) is 13.9. The SMILES string of the molecule is O=C1NCCN(C(=O)c2cc3ccccc3c(=O)[nH]2)C1c1ccccc1. The first kappa shape index (κ1) is 16.1. The molecule has 2 N–H and O–H groups in total. The van der Waals surface area contributed by atoms with E-state index < -0.39 is 6.04 Å². The van der Waals surface area contributed by atoms with Crippen molar-refractivity contribution in [1.29, 1.82) is 0 Å². The number of amides is 2. The zero-order valence-corrected chi connectivity index (χ0v) is 13.9. The van der Waals surface area contributed by atoms with E-state index in [0.29, 0.717) is 23.9 Å². The van der Waals surface area contributed by atoms with Gasteiger partial charge in [0, 0.05) is 18.5 Å². The van der Waals surface area contributed by atoms with Gasteiger partial charge in [-0.1, -0.05) is 48.5 Å². The van der Waals surface area contributed by atoms with Gasteiger partial charge in [0.15, 0.2) is 0 Å². The van der Waals surface area contributed by atoms with Crippen LogP contribution >= 0.6 is 0 Å². The van der Waals surface area contributed by atoms with Gasteiger partial charge in [-0.3, -0.25) is 14.4 Å². The topological polar surface area (TPSA) is 82.3 Å². The molecule has 2 heterocycles. The number of aromatic nitrogens is 1. The predicted molar refractivity (Wildman–Crippen MR) is 97.8 cm³/mol. The number of benzene rings is 2. The Bertz CT molecular complexity index is 1040. The van der Waals surface area contributed by atoms with Gasteiger partial charge in [-0.15, -0.1) is 0 Å². The number of nitrogens with zero attached hydrogens (tertiary/aromatic N) is 1. The first-order chi connectivity index (χ1) is 12.6. The normalized spacial score (nSPS) is 17.2. The molecule has 0 aliphatic carbocycles. The summed E-state index contributed by atoms with van der Waals surface area (Å²) < 4.78 is 0. The number of hydrogen-bond acceptors (Lipinski definition) is 3. The fraction of sp³-hybridized carbons (Fsp3) is 0.150. The molecule has 1 aromatic heterocycles. The highest BCUT2D eigenvalue weighted by Crippen LogP contribution is 2.25. The van der Waals surface area contributed by atoms with Crippen molar-refractivity contribution in [2.24, 2.45) is 0 Å². The largest absolute Gasteiger partial charge is 0.352 e. The number of H-pyrrole nitrogens is 1. The summed E-state index contributed by atoms with van der Waals surface area (Å²) in [6, 6.07) is 17.2. The van der Waals surface area contributed by atoms with E-state index in [-0.39, 0.29) is 23.1 Å². The molecular formula is C20H17N3O3. The van der Waals surface area contributed by atoms with Gasteiger partial charge in [0.25, 0.3) is 11.5 Å². The first-order valence-electron chi connectivity index (χ1n) is 8.41. The van der Waals surface area contributed by atoms with E-state index >= 15 is 0 Å². The molecule has 1 aliphatic heterocycles. The van der Waals surface area contributed by atoms with Gasteiger partial charge in [0.05, 0.1) is 0 Å². The summed E-state index contributed by atoms with van der Waals surface area (Å²) in [4.78, 5) is 42.0. The maximum absolute atomic E-state index is 13.1. The minimum absolute atomic E-state index is 0.185. The molecule has 0 bridgehead atoms. The third-order valence-electron chi connectivity index (χ3n) is 4.57. The van der Waals surface area contributed by atoms with Crippen LogP contribution in [0.25, 0.3) is 10.8 Å². The lowest BCUT2D eigenvalue weighted by Gasteiger charge is -2.35. The van der Waals surface area contributed by atoms with Gasteiger partial charge in [0.2, 0.25) is 5.91 Å². The Morgan fingerprint density at radius 2 is 1.73 bits per heavy atom. The molecule has 1 aliphatic rings. The van der Waals surface area contributed by atoms with E-state index in [1.165, 1.54) is 4.90 Å². The summed E-state index contributed by atoms with van der Waals surface area (Å²) >= 11 is 0. The van der Waals surface area contributed by atoms with E-state index in [1.807, 2.05) is 36.4 Å².